The molecule has 65 heavy (non-hydrogen) atoms. The number of benzene rings is 10. The second-order valence-electron chi connectivity index (χ2n) is 16.9. The highest BCUT2D eigenvalue weighted by atomic mass is 32.1. The molecule has 1 N–H and O–H groups in total. The van der Waals surface area contributed by atoms with Crippen LogP contribution >= 0.6 is 11.3 Å². The summed E-state index contributed by atoms with van der Waals surface area (Å²) in [5.41, 5.74) is 10.2. The molecule has 1 atom stereocenters. The molecule has 304 valence electrons. The number of rotatable bonds is 5. The molecule has 5 nitrogen and oxygen atoms in total. The van der Waals surface area contributed by atoms with Gasteiger partial charge in [0.2, 0.25) is 0 Å². The molecule has 0 radical (unpaired) electrons. The summed E-state index contributed by atoms with van der Waals surface area (Å²) in [6, 6.07) is 73.9. The molecule has 4 heterocycles. The SMILES string of the molecule is c1ccc(-c2ccc(C3N=C(c4cccc5c4sc4ccccc45)N=C(c4c(-n5c6cc7ccccc7cc6c6cc7ccccc7cc65)ccc5oc6ccccc6c45)N3)cc2)cc1. The zero-order valence-corrected chi connectivity index (χ0v) is 35.7. The average Bonchev–Trinajstić information content (AvgIpc) is 4.04. The first kappa shape index (κ1) is 36.2. The lowest BCUT2D eigenvalue weighted by atomic mass is 10.00. The summed E-state index contributed by atoms with van der Waals surface area (Å²) in [7, 11) is 0. The fourth-order valence-electron chi connectivity index (χ4n) is 10.2. The number of fused-ring (bicyclic) bond motifs is 11. The fourth-order valence-corrected chi connectivity index (χ4v) is 11.4. The van der Waals surface area contributed by atoms with Gasteiger partial charge in [0, 0.05) is 47.3 Å². The predicted molar refractivity (Wildman–Crippen MR) is 273 cm³/mol. The number of nitrogens with zero attached hydrogens (tertiary/aromatic N) is 3. The molecule has 13 aromatic rings. The molecule has 14 rings (SSSR count). The van der Waals surface area contributed by atoms with Gasteiger partial charge < -0.3 is 14.3 Å². The standard InChI is InChI=1S/C59H36N4OS/c1-2-13-35(14-3-1)36-25-27-37(28-26-36)57-60-58(45-22-12-21-43-42-19-9-11-24-53(42)65-56(43)45)62-59(61-57)55-48(29-30-52-54(55)44-20-8-10-23-51(44)64-52)63-49-33-40-17-6-4-15-38(40)31-46(49)47-32-39-16-5-7-18-41(39)34-50(47)63/h1-34,57H,(H,60,61,62). The number of para-hydroxylation sites is 1. The van der Waals surface area contributed by atoms with E-state index in [1.165, 1.54) is 58.1 Å². The van der Waals surface area contributed by atoms with Crippen LogP contribution in [0.25, 0.3) is 102 Å². The first-order valence-electron chi connectivity index (χ1n) is 22.0. The molecule has 0 amide bonds. The quantitative estimate of drug-likeness (QED) is 0.188. The topological polar surface area (TPSA) is 54.8 Å². The molecule has 0 aliphatic carbocycles. The lowest BCUT2D eigenvalue weighted by Crippen LogP contribution is -2.34. The van der Waals surface area contributed by atoms with Crippen molar-refractivity contribution < 1.29 is 4.42 Å². The molecule has 6 heteroatoms. The average molecular weight is 849 g/mol. The first-order valence-corrected chi connectivity index (χ1v) is 22.8. The number of aliphatic imine (C=N–C) groups is 2. The Kier molecular flexibility index (Phi) is 7.85. The molecule has 1 aliphatic heterocycles. The molecule has 0 fully saturated rings. The van der Waals surface area contributed by atoms with Crippen LogP contribution in [0.15, 0.2) is 221 Å². The molecule has 0 saturated heterocycles. The Balaban J connectivity index is 1.07. The van der Waals surface area contributed by atoms with Crippen LogP contribution in [-0.2, 0) is 0 Å². The second kappa shape index (κ2) is 14.1. The Morgan fingerprint density at radius 2 is 1.11 bits per heavy atom. The van der Waals surface area contributed by atoms with E-state index in [1.807, 2.05) is 6.07 Å². The Labute approximate surface area is 376 Å². The van der Waals surface area contributed by atoms with Crippen molar-refractivity contribution in [1.29, 1.82) is 0 Å². The predicted octanol–water partition coefficient (Wildman–Crippen LogP) is 15.5. The third kappa shape index (κ3) is 5.64. The number of aromatic nitrogens is 1. The Morgan fingerprint density at radius 1 is 0.492 bits per heavy atom. The summed E-state index contributed by atoms with van der Waals surface area (Å²) in [6.45, 7) is 0. The van der Waals surface area contributed by atoms with Gasteiger partial charge in [-0.25, -0.2) is 9.98 Å². The number of thiophene rings is 1. The van der Waals surface area contributed by atoms with Gasteiger partial charge in [0.25, 0.3) is 0 Å². The third-order valence-corrected chi connectivity index (χ3v) is 14.4. The van der Waals surface area contributed by atoms with Gasteiger partial charge in [-0.1, -0.05) is 152 Å². The van der Waals surface area contributed by atoms with E-state index in [0.29, 0.717) is 5.84 Å². The van der Waals surface area contributed by atoms with Crippen molar-refractivity contribution in [3.63, 3.8) is 0 Å². The summed E-state index contributed by atoms with van der Waals surface area (Å²) in [4.78, 5) is 11.2. The van der Waals surface area contributed by atoms with Crippen LogP contribution in [0.2, 0.25) is 0 Å². The van der Waals surface area contributed by atoms with Crippen LogP contribution in [0.1, 0.15) is 22.9 Å². The van der Waals surface area contributed by atoms with Crippen LogP contribution in [-0.4, -0.2) is 16.2 Å². The van der Waals surface area contributed by atoms with E-state index in [-0.39, 0.29) is 0 Å². The molecule has 0 saturated carbocycles. The van der Waals surface area contributed by atoms with Crippen LogP contribution in [0.3, 0.4) is 0 Å². The van der Waals surface area contributed by atoms with Gasteiger partial charge in [-0.15, -0.1) is 11.3 Å². The lowest BCUT2D eigenvalue weighted by Gasteiger charge is -2.26. The van der Waals surface area contributed by atoms with E-state index in [2.05, 4.69) is 210 Å². The smallest absolute Gasteiger partial charge is 0.160 e. The van der Waals surface area contributed by atoms with Gasteiger partial charge in [-0.2, -0.15) is 0 Å². The van der Waals surface area contributed by atoms with Gasteiger partial charge in [-0.3, -0.25) is 0 Å². The van der Waals surface area contributed by atoms with Crippen molar-refractivity contribution in [3.05, 3.63) is 223 Å². The van der Waals surface area contributed by atoms with Gasteiger partial charge in [0.15, 0.2) is 5.84 Å². The summed E-state index contributed by atoms with van der Waals surface area (Å²) < 4.78 is 11.6. The second-order valence-corrected chi connectivity index (χ2v) is 18.0. The number of hydrogen-bond acceptors (Lipinski definition) is 5. The highest BCUT2D eigenvalue weighted by Gasteiger charge is 2.29. The van der Waals surface area contributed by atoms with Gasteiger partial charge >= 0.3 is 0 Å². The maximum Gasteiger partial charge on any atom is 0.160 e. The molecule has 10 aromatic carbocycles. The van der Waals surface area contributed by atoms with Gasteiger partial charge in [-0.05, 0) is 92.8 Å². The van der Waals surface area contributed by atoms with Crippen molar-refractivity contribution in [2.45, 2.75) is 6.17 Å². The highest BCUT2D eigenvalue weighted by Crippen LogP contribution is 2.43. The molecular weight excluding hydrogens is 813 g/mol. The number of hydrogen-bond donors (Lipinski definition) is 1. The van der Waals surface area contributed by atoms with Gasteiger partial charge in [0.05, 0.1) is 22.3 Å². The fraction of sp³-hybridized carbons (Fsp3) is 0.0169. The van der Waals surface area contributed by atoms with Crippen molar-refractivity contribution >= 4 is 108 Å². The lowest BCUT2D eigenvalue weighted by molar-refractivity contribution is 0.667. The number of furan rings is 1. The first-order chi connectivity index (χ1) is 32.2. The number of amidine groups is 2. The maximum atomic E-state index is 6.70. The van der Waals surface area contributed by atoms with E-state index in [0.717, 1.165) is 66.7 Å². The maximum absolute atomic E-state index is 6.70. The number of nitrogens with one attached hydrogen (secondary N) is 1. The van der Waals surface area contributed by atoms with Gasteiger partial charge in [0.1, 0.15) is 23.2 Å². The Hall–Kier alpha value is -8.32. The molecule has 0 bridgehead atoms. The monoisotopic (exact) mass is 848 g/mol. The van der Waals surface area contributed by atoms with E-state index in [4.69, 9.17) is 14.4 Å². The highest BCUT2D eigenvalue weighted by molar-refractivity contribution is 7.26. The van der Waals surface area contributed by atoms with Crippen molar-refractivity contribution in [1.82, 2.24) is 9.88 Å². The molecular formula is C59H36N4OS. The molecule has 3 aromatic heterocycles. The third-order valence-electron chi connectivity index (χ3n) is 13.2. The Bertz CT molecular complexity index is 4060. The largest absolute Gasteiger partial charge is 0.456 e. The van der Waals surface area contributed by atoms with E-state index < -0.39 is 6.17 Å². The van der Waals surface area contributed by atoms with Crippen LogP contribution in [0.5, 0.6) is 0 Å². The summed E-state index contributed by atoms with van der Waals surface area (Å²) >= 11 is 1.80. The summed E-state index contributed by atoms with van der Waals surface area (Å²) in [6.07, 6.45) is -0.445. The van der Waals surface area contributed by atoms with Crippen LogP contribution in [0.4, 0.5) is 0 Å². The van der Waals surface area contributed by atoms with E-state index in [1.54, 1.807) is 11.3 Å². The van der Waals surface area contributed by atoms with Crippen LogP contribution in [0, 0.1) is 0 Å². The molecule has 1 aliphatic rings. The minimum Gasteiger partial charge on any atom is -0.456 e. The zero-order valence-electron chi connectivity index (χ0n) is 34.9. The van der Waals surface area contributed by atoms with Crippen molar-refractivity contribution in [2.75, 3.05) is 0 Å². The van der Waals surface area contributed by atoms with Crippen LogP contribution < -0.4 is 5.32 Å². The molecule has 0 spiro atoms. The minimum atomic E-state index is -0.445. The zero-order chi connectivity index (χ0) is 42.6. The minimum absolute atomic E-state index is 0.445. The van der Waals surface area contributed by atoms with Crippen molar-refractivity contribution in [3.8, 4) is 16.8 Å². The van der Waals surface area contributed by atoms with E-state index in [9.17, 15) is 0 Å². The van der Waals surface area contributed by atoms with Crippen molar-refractivity contribution in [2.24, 2.45) is 9.98 Å². The molecule has 1 unspecified atom stereocenters. The summed E-state index contributed by atoms with van der Waals surface area (Å²) in [5, 5.41) is 15.6. The summed E-state index contributed by atoms with van der Waals surface area (Å²) in [5.74, 6) is 1.41. The normalized spacial score (nSPS) is 14.3. The van der Waals surface area contributed by atoms with E-state index >= 15 is 0 Å². The Morgan fingerprint density at radius 3 is 1.85 bits per heavy atom.